The normalized spacial score (nSPS) is 11.7. The molecule has 0 unspecified atom stereocenters. The number of aliphatic hydroxyl groups is 1. The monoisotopic (exact) mass is 435 g/mol. The highest BCUT2D eigenvalue weighted by molar-refractivity contribution is 6.60. The summed E-state index contributed by atoms with van der Waals surface area (Å²) < 4.78 is 31.4. The van der Waals surface area contributed by atoms with E-state index in [9.17, 15) is 0 Å². The van der Waals surface area contributed by atoms with Gasteiger partial charge in [-0.1, -0.05) is 18.2 Å². The van der Waals surface area contributed by atoms with Crippen molar-refractivity contribution in [2.45, 2.75) is 24.9 Å². The van der Waals surface area contributed by atoms with Crippen molar-refractivity contribution >= 4 is 23.3 Å². The van der Waals surface area contributed by atoms with Gasteiger partial charge in [-0.25, -0.2) is 0 Å². The second kappa shape index (κ2) is 16.0. The van der Waals surface area contributed by atoms with Crippen LogP contribution in [0, 0.1) is 0 Å². The maximum Gasteiger partial charge on any atom is 0.500 e. The van der Waals surface area contributed by atoms with Crippen LogP contribution in [0.4, 0.5) is 5.69 Å². The van der Waals surface area contributed by atoms with Gasteiger partial charge in [-0.2, -0.15) is 0 Å². The van der Waals surface area contributed by atoms with Crippen LogP contribution in [-0.4, -0.2) is 78.5 Å². The average molecular weight is 436 g/mol. The molecule has 0 atom stereocenters. The molecule has 0 aliphatic heterocycles. The minimum Gasteiger partial charge on any atom is -0.396 e. The van der Waals surface area contributed by atoms with Crippen LogP contribution in [0.1, 0.15) is 12.8 Å². The van der Waals surface area contributed by atoms with Gasteiger partial charge in [0.2, 0.25) is 0 Å². The quantitative estimate of drug-likeness (QED) is 0.341. The predicted molar refractivity (Wildman–Crippen MR) is 114 cm³/mol. The second-order valence-corrected chi connectivity index (χ2v) is 12.0. The molecule has 0 saturated heterocycles. The summed E-state index contributed by atoms with van der Waals surface area (Å²) >= 11 is 0. The van der Waals surface area contributed by atoms with Crippen LogP contribution in [0.3, 0.4) is 0 Å². The Labute approximate surface area is 171 Å². The standard InChI is InChI=1S/C12H21NO3Si.C6H16O4Si/c1-14-17(15-2,16-3)11-7-10-13-12-8-5-4-6-9-12;1-8-11(9-2,10-3)6-4-5-7/h4-6,8-9,13H,7,10-11H2,1-3H3;7H,4-6H2,1-3H3. The number of para-hydroxylation sites is 1. The van der Waals surface area contributed by atoms with E-state index < -0.39 is 17.6 Å². The molecule has 164 valence electrons. The van der Waals surface area contributed by atoms with Crippen LogP contribution < -0.4 is 5.32 Å². The third kappa shape index (κ3) is 10.1. The van der Waals surface area contributed by atoms with Crippen molar-refractivity contribution < 1.29 is 31.7 Å². The molecule has 0 bridgehead atoms. The molecule has 0 heterocycles. The zero-order valence-electron chi connectivity index (χ0n) is 18.0. The molecule has 2 N–H and O–H groups in total. The van der Waals surface area contributed by atoms with Gasteiger partial charge in [0, 0.05) is 73.6 Å². The van der Waals surface area contributed by atoms with E-state index in [0.29, 0.717) is 12.5 Å². The van der Waals surface area contributed by atoms with Gasteiger partial charge in [0.15, 0.2) is 0 Å². The van der Waals surface area contributed by atoms with Crippen molar-refractivity contribution in [3.8, 4) is 0 Å². The molecule has 0 spiro atoms. The van der Waals surface area contributed by atoms with Crippen LogP contribution in [0.25, 0.3) is 0 Å². The predicted octanol–water partition coefficient (Wildman–Crippen LogP) is 2.61. The highest BCUT2D eigenvalue weighted by atomic mass is 28.4. The van der Waals surface area contributed by atoms with Crippen LogP contribution in [0.15, 0.2) is 30.3 Å². The van der Waals surface area contributed by atoms with Crippen LogP contribution in [-0.2, 0) is 26.6 Å². The van der Waals surface area contributed by atoms with E-state index >= 15 is 0 Å². The largest absolute Gasteiger partial charge is 0.500 e. The Morgan fingerprint density at radius 1 is 0.714 bits per heavy atom. The fourth-order valence-electron chi connectivity index (χ4n) is 2.50. The van der Waals surface area contributed by atoms with Gasteiger partial charge in [-0.05, 0) is 25.0 Å². The zero-order valence-corrected chi connectivity index (χ0v) is 20.0. The van der Waals surface area contributed by atoms with E-state index in [0.717, 1.165) is 24.7 Å². The van der Waals surface area contributed by atoms with Crippen molar-refractivity contribution in [3.63, 3.8) is 0 Å². The second-order valence-electron chi connectivity index (χ2n) is 5.81. The lowest BCUT2D eigenvalue weighted by atomic mass is 10.3. The molecular formula is C18H37NO7Si2. The fraction of sp³-hybridized carbons (Fsp3) is 0.667. The molecule has 10 heteroatoms. The Morgan fingerprint density at radius 2 is 1.14 bits per heavy atom. The summed E-state index contributed by atoms with van der Waals surface area (Å²) in [5.74, 6) is 0. The molecule has 1 aromatic rings. The van der Waals surface area contributed by atoms with E-state index in [1.807, 2.05) is 30.3 Å². The molecule has 1 rings (SSSR count). The van der Waals surface area contributed by atoms with E-state index in [2.05, 4.69) is 5.32 Å². The van der Waals surface area contributed by atoms with Crippen molar-refractivity contribution in [1.82, 2.24) is 0 Å². The van der Waals surface area contributed by atoms with Gasteiger partial charge >= 0.3 is 17.6 Å². The molecule has 28 heavy (non-hydrogen) atoms. The Kier molecular flexibility index (Phi) is 15.6. The number of hydrogen-bond donors (Lipinski definition) is 2. The van der Waals surface area contributed by atoms with Crippen LogP contribution in [0.5, 0.6) is 0 Å². The maximum absolute atomic E-state index is 8.57. The third-order valence-electron chi connectivity index (χ3n) is 4.27. The average Bonchev–Trinajstić information content (AvgIpc) is 2.77. The lowest BCUT2D eigenvalue weighted by Crippen LogP contribution is -2.42. The number of aliphatic hydroxyl groups excluding tert-OH is 1. The van der Waals surface area contributed by atoms with Gasteiger partial charge in [0.1, 0.15) is 0 Å². The fourth-order valence-corrected chi connectivity index (χ4v) is 5.93. The smallest absolute Gasteiger partial charge is 0.396 e. The molecule has 0 fully saturated rings. The highest BCUT2D eigenvalue weighted by Crippen LogP contribution is 2.15. The zero-order chi connectivity index (χ0) is 21.3. The summed E-state index contributed by atoms with van der Waals surface area (Å²) in [4.78, 5) is 0. The minimum absolute atomic E-state index is 0.144. The first kappa shape index (κ1) is 27.2. The van der Waals surface area contributed by atoms with E-state index in [1.165, 1.54) is 0 Å². The molecule has 0 aliphatic carbocycles. The summed E-state index contributed by atoms with van der Waals surface area (Å²) in [5, 5.41) is 11.9. The van der Waals surface area contributed by atoms with Crippen LogP contribution in [0.2, 0.25) is 12.1 Å². The minimum atomic E-state index is -2.40. The lowest BCUT2D eigenvalue weighted by molar-refractivity contribution is 0.120. The first-order chi connectivity index (χ1) is 13.5. The summed E-state index contributed by atoms with van der Waals surface area (Å²) in [7, 11) is 4.83. The van der Waals surface area contributed by atoms with Gasteiger partial charge < -0.3 is 37.0 Å². The Morgan fingerprint density at radius 3 is 1.54 bits per heavy atom. The molecule has 0 aromatic heterocycles. The third-order valence-corrected chi connectivity index (χ3v) is 9.93. The number of rotatable bonds is 14. The first-order valence-electron chi connectivity index (χ1n) is 9.21. The van der Waals surface area contributed by atoms with Gasteiger partial charge in [0.25, 0.3) is 0 Å². The highest BCUT2D eigenvalue weighted by Gasteiger charge is 2.37. The molecule has 8 nitrogen and oxygen atoms in total. The summed E-state index contributed by atoms with van der Waals surface area (Å²) in [6, 6.07) is 11.6. The summed E-state index contributed by atoms with van der Waals surface area (Å²) in [6.07, 6.45) is 1.61. The molecule has 0 amide bonds. The number of anilines is 1. The van der Waals surface area contributed by atoms with Gasteiger partial charge in [0.05, 0.1) is 0 Å². The SMILES string of the molecule is CO[Si](CCCNc1ccccc1)(OC)OC.CO[Si](CCCO)(OC)OC. The maximum atomic E-state index is 8.57. The van der Waals surface area contributed by atoms with Crippen molar-refractivity contribution in [3.05, 3.63) is 30.3 Å². The topological polar surface area (TPSA) is 87.6 Å². The molecule has 0 saturated carbocycles. The number of hydrogen-bond acceptors (Lipinski definition) is 8. The first-order valence-corrected chi connectivity index (χ1v) is 13.1. The van der Waals surface area contributed by atoms with E-state index in [4.69, 9.17) is 31.7 Å². The van der Waals surface area contributed by atoms with Gasteiger partial charge in [-0.15, -0.1) is 0 Å². The Bertz CT molecular complexity index is 458. The summed E-state index contributed by atoms with van der Waals surface area (Å²) in [5.41, 5.74) is 1.13. The van der Waals surface area contributed by atoms with E-state index in [1.54, 1.807) is 42.7 Å². The Balaban J connectivity index is 0.000000576. The molecule has 0 aliphatic rings. The van der Waals surface area contributed by atoms with Gasteiger partial charge in [-0.3, -0.25) is 0 Å². The van der Waals surface area contributed by atoms with Crippen LogP contribution >= 0.6 is 0 Å². The van der Waals surface area contributed by atoms with E-state index in [-0.39, 0.29) is 6.61 Å². The lowest BCUT2D eigenvalue weighted by Gasteiger charge is -2.24. The molecule has 1 aromatic carbocycles. The molecule has 0 radical (unpaired) electrons. The van der Waals surface area contributed by atoms with Crippen molar-refractivity contribution in [1.29, 1.82) is 0 Å². The number of nitrogens with one attached hydrogen (secondary N) is 1. The summed E-state index contributed by atoms with van der Waals surface area (Å²) in [6.45, 7) is 1.03. The van der Waals surface area contributed by atoms with Crippen molar-refractivity contribution in [2.24, 2.45) is 0 Å². The molecular weight excluding hydrogens is 398 g/mol. The number of benzene rings is 1. The Hall–Kier alpha value is -0.826. The van der Waals surface area contributed by atoms with Crippen molar-refractivity contribution in [2.75, 3.05) is 61.1 Å².